The molecule has 1 aromatic rings. The Morgan fingerprint density at radius 1 is 1.50 bits per heavy atom. The van der Waals surface area contributed by atoms with Gasteiger partial charge in [0.15, 0.2) is 0 Å². The van der Waals surface area contributed by atoms with Crippen LogP contribution in [-0.4, -0.2) is 25.7 Å². The molecule has 0 radical (unpaired) electrons. The number of nitrogens with one attached hydrogen (secondary N) is 1. The van der Waals surface area contributed by atoms with Gasteiger partial charge in [-0.25, -0.2) is 0 Å². The van der Waals surface area contributed by atoms with Crippen molar-refractivity contribution >= 4 is 21.8 Å². The predicted octanol–water partition coefficient (Wildman–Crippen LogP) is 2.50. The number of halogens is 1. The van der Waals surface area contributed by atoms with E-state index < -0.39 is 6.10 Å². The topological polar surface area (TPSA) is 47.6 Å². The summed E-state index contributed by atoms with van der Waals surface area (Å²) in [5, 5.41) is 2.82. The lowest BCUT2D eigenvalue weighted by Gasteiger charge is -2.13. The van der Waals surface area contributed by atoms with E-state index in [9.17, 15) is 4.79 Å². The Labute approximate surface area is 116 Å². The standard InChI is InChI=1S/C13H18BrNO3/c1-4-18-9(2)13(16)15-8-10-7-11(14)5-6-12(10)17-3/h5-7,9H,4,8H2,1-3H3,(H,15,16). The molecule has 0 spiro atoms. The molecule has 18 heavy (non-hydrogen) atoms. The zero-order valence-corrected chi connectivity index (χ0v) is 12.4. The van der Waals surface area contributed by atoms with E-state index in [1.165, 1.54) is 0 Å². The summed E-state index contributed by atoms with van der Waals surface area (Å²) in [6.07, 6.45) is -0.437. The van der Waals surface area contributed by atoms with Crippen molar-refractivity contribution in [2.75, 3.05) is 13.7 Å². The van der Waals surface area contributed by atoms with Crippen molar-refractivity contribution in [2.24, 2.45) is 0 Å². The molecule has 1 aromatic carbocycles. The Balaban J connectivity index is 2.62. The number of ether oxygens (including phenoxy) is 2. The minimum atomic E-state index is -0.437. The van der Waals surface area contributed by atoms with Gasteiger partial charge in [0, 0.05) is 23.2 Å². The maximum absolute atomic E-state index is 11.7. The van der Waals surface area contributed by atoms with Gasteiger partial charge in [0.1, 0.15) is 11.9 Å². The molecule has 100 valence electrons. The van der Waals surface area contributed by atoms with Crippen molar-refractivity contribution in [3.8, 4) is 5.75 Å². The second-order valence-electron chi connectivity index (χ2n) is 3.77. The fraction of sp³-hybridized carbons (Fsp3) is 0.462. The lowest BCUT2D eigenvalue weighted by atomic mass is 10.2. The van der Waals surface area contributed by atoms with E-state index in [1.54, 1.807) is 14.0 Å². The summed E-state index contributed by atoms with van der Waals surface area (Å²) in [6.45, 7) is 4.53. The number of hydrogen-bond donors (Lipinski definition) is 1. The average Bonchev–Trinajstić information content (AvgIpc) is 2.36. The quantitative estimate of drug-likeness (QED) is 0.877. The lowest BCUT2D eigenvalue weighted by Crippen LogP contribution is -2.34. The summed E-state index contributed by atoms with van der Waals surface area (Å²) in [5.41, 5.74) is 0.920. The maximum atomic E-state index is 11.7. The molecule has 1 unspecified atom stereocenters. The van der Waals surface area contributed by atoms with Crippen LogP contribution in [0.4, 0.5) is 0 Å². The third-order valence-electron chi connectivity index (χ3n) is 2.48. The molecule has 0 aliphatic rings. The van der Waals surface area contributed by atoms with Crippen LogP contribution in [0.25, 0.3) is 0 Å². The Morgan fingerprint density at radius 2 is 2.22 bits per heavy atom. The number of carbonyl (C=O) groups excluding carboxylic acids is 1. The van der Waals surface area contributed by atoms with Gasteiger partial charge in [-0.3, -0.25) is 4.79 Å². The number of methoxy groups -OCH3 is 1. The van der Waals surface area contributed by atoms with Crippen LogP contribution < -0.4 is 10.1 Å². The molecule has 0 saturated carbocycles. The van der Waals surface area contributed by atoms with Crippen molar-refractivity contribution in [1.82, 2.24) is 5.32 Å². The Hall–Kier alpha value is -1.07. The Kier molecular flexibility index (Phi) is 6.15. The third kappa shape index (κ3) is 4.31. The minimum Gasteiger partial charge on any atom is -0.496 e. The summed E-state index contributed by atoms with van der Waals surface area (Å²) >= 11 is 3.39. The van der Waals surface area contributed by atoms with Crippen LogP contribution in [0.1, 0.15) is 19.4 Å². The van der Waals surface area contributed by atoms with Crippen LogP contribution in [0.3, 0.4) is 0 Å². The van der Waals surface area contributed by atoms with Crippen LogP contribution in [0.5, 0.6) is 5.75 Å². The number of hydrogen-bond acceptors (Lipinski definition) is 3. The fourth-order valence-corrected chi connectivity index (χ4v) is 1.95. The third-order valence-corrected chi connectivity index (χ3v) is 2.97. The molecule has 1 rings (SSSR count). The molecule has 1 N–H and O–H groups in total. The van der Waals surface area contributed by atoms with Crippen molar-refractivity contribution in [2.45, 2.75) is 26.5 Å². The van der Waals surface area contributed by atoms with Gasteiger partial charge in [-0.1, -0.05) is 15.9 Å². The van der Waals surface area contributed by atoms with E-state index in [0.717, 1.165) is 15.8 Å². The van der Waals surface area contributed by atoms with Crippen LogP contribution in [0.15, 0.2) is 22.7 Å². The normalized spacial score (nSPS) is 12.0. The van der Waals surface area contributed by atoms with E-state index in [2.05, 4.69) is 21.2 Å². The van der Waals surface area contributed by atoms with Gasteiger partial charge in [-0.05, 0) is 32.0 Å². The van der Waals surface area contributed by atoms with Crippen molar-refractivity contribution < 1.29 is 14.3 Å². The van der Waals surface area contributed by atoms with Gasteiger partial charge < -0.3 is 14.8 Å². The highest BCUT2D eigenvalue weighted by Gasteiger charge is 2.13. The first-order valence-corrected chi connectivity index (χ1v) is 6.59. The Bertz CT molecular complexity index is 409. The van der Waals surface area contributed by atoms with Crippen molar-refractivity contribution in [3.05, 3.63) is 28.2 Å². The summed E-state index contributed by atoms with van der Waals surface area (Å²) in [4.78, 5) is 11.7. The van der Waals surface area contributed by atoms with Gasteiger partial charge >= 0.3 is 0 Å². The number of amides is 1. The van der Waals surface area contributed by atoms with Crippen LogP contribution in [0.2, 0.25) is 0 Å². The van der Waals surface area contributed by atoms with Gasteiger partial charge in [0.25, 0.3) is 0 Å². The molecule has 0 aliphatic carbocycles. The second-order valence-corrected chi connectivity index (χ2v) is 4.69. The Morgan fingerprint density at radius 3 is 2.83 bits per heavy atom. The van der Waals surface area contributed by atoms with Gasteiger partial charge in [-0.15, -0.1) is 0 Å². The highest BCUT2D eigenvalue weighted by Crippen LogP contribution is 2.22. The van der Waals surface area contributed by atoms with E-state index in [0.29, 0.717) is 13.2 Å². The summed E-state index contributed by atoms with van der Waals surface area (Å²) in [5.74, 6) is 0.626. The molecule has 5 heteroatoms. The highest BCUT2D eigenvalue weighted by atomic mass is 79.9. The van der Waals surface area contributed by atoms with E-state index in [4.69, 9.17) is 9.47 Å². The average molecular weight is 316 g/mol. The van der Waals surface area contributed by atoms with Crippen LogP contribution >= 0.6 is 15.9 Å². The number of benzene rings is 1. The smallest absolute Gasteiger partial charge is 0.249 e. The SMILES string of the molecule is CCOC(C)C(=O)NCc1cc(Br)ccc1OC. The molecule has 0 bridgehead atoms. The zero-order chi connectivity index (χ0) is 13.5. The monoisotopic (exact) mass is 315 g/mol. The van der Waals surface area contributed by atoms with Crippen molar-refractivity contribution in [1.29, 1.82) is 0 Å². The molecule has 0 aromatic heterocycles. The van der Waals surface area contributed by atoms with Gasteiger partial charge in [0.05, 0.1) is 7.11 Å². The van der Waals surface area contributed by atoms with E-state index >= 15 is 0 Å². The molecule has 1 atom stereocenters. The zero-order valence-electron chi connectivity index (χ0n) is 10.8. The summed E-state index contributed by atoms with van der Waals surface area (Å²) in [7, 11) is 1.61. The first-order valence-electron chi connectivity index (χ1n) is 5.80. The fourth-order valence-electron chi connectivity index (χ4n) is 1.54. The predicted molar refractivity (Wildman–Crippen MR) is 73.6 cm³/mol. The molecule has 4 nitrogen and oxygen atoms in total. The first-order chi connectivity index (χ1) is 8.58. The van der Waals surface area contributed by atoms with Crippen LogP contribution in [0, 0.1) is 0 Å². The second kappa shape index (κ2) is 7.38. The van der Waals surface area contributed by atoms with Gasteiger partial charge in [-0.2, -0.15) is 0 Å². The van der Waals surface area contributed by atoms with E-state index in [-0.39, 0.29) is 5.91 Å². The first kappa shape index (κ1) is 15.0. The largest absolute Gasteiger partial charge is 0.496 e. The lowest BCUT2D eigenvalue weighted by molar-refractivity contribution is -0.131. The summed E-state index contributed by atoms with van der Waals surface area (Å²) in [6, 6.07) is 5.68. The van der Waals surface area contributed by atoms with Crippen LogP contribution in [-0.2, 0) is 16.1 Å². The minimum absolute atomic E-state index is 0.126. The molecular weight excluding hydrogens is 298 g/mol. The van der Waals surface area contributed by atoms with Gasteiger partial charge in [0.2, 0.25) is 5.91 Å². The molecule has 1 amide bonds. The summed E-state index contributed by atoms with van der Waals surface area (Å²) < 4.78 is 11.4. The number of carbonyl (C=O) groups is 1. The molecule has 0 aliphatic heterocycles. The molecule has 0 saturated heterocycles. The molecule has 0 heterocycles. The maximum Gasteiger partial charge on any atom is 0.249 e. The van der Waals surface area contributed by atoms with E-state index in [1.807, 2.05) is 25.1 Å². The molecular formula is C13H18BrNO3. The van der Waals surface area contributed by atoms with Crippen molar-refractivity contribution in [3.63, 3.8) is 0 Å². The number of rotatable bonds is 6. The highest BCUT2D eigenvalue weighted by molar-refractivity contribution is 9.10. The molecule has 0 fully saturated rings.